The van der Waals surface area contributed by atoms with Crippen LogP contribution in [-0.2, 0) is 14.8 Å². The van der Waals surface area contributed by atoms with E-state index in [1.165, 1.54) is 22.5 Å². The summed E-state index contributed by atoms with van der Waals surface area (Å²) >= 11 is 0. The number of carbonyl (C=O) groups is 1. The fourth-order valence-electron chi connectivity index (χ4n) is 2.46. The number of piperidine rings is 1. The van der Waals surface area contributed by atoms with Crippen LogP contribution >= 0.6 is 0 Å². The van der Waals surface area contributed by atoms with E-state index >= 15 is 0 Å². The summed E-state index contributed by atoms with van der Waals surface area (Å²) in [5.41, 5.74) is 0.528. The summed E-state index contributed by atoms with van der Waals surface area (Å²) in [7, 11) is -2.05. The van der Waals surface area contributed by atoms with Gasteiger partial charge in [0, 0.05) is 20.2 Å². The van der Waals surface area contributed by atoms with Crippen LogP contribution in [0.2, 0.25) is 0 Å². The van der Waals surface area contributed by atoms with E-state index in [1.54, 1.807) is 14.0 Å². The summed E-state index contributed by atoms with van der Waals surface area (Å²) in [6.07, 6.45) is 1.38. The Bertz CT molecular complexity index is 634. The number of aryl methyl sites for hydroxylation is 1. The maximum Gasteiger partial charge on any atom is 0.335 e. The largest absolute Gasteiger partial charge is 0.478 e. The third kappa shape index (κ3) is 4.53. The molecule has 0 atom stereocenters. The van der Waals surface area contributed by atoms with E-state index in [1.807, 2.05) is 13.8 Å². The zero-order valence-corrected chi connectivity index (χ0v) is 14.9. The molecule has 1 fully saturated rings. The number of aromatic carboxylic acids is 1. The molecule has 1 aromatic carbocycles. The van der Waals surface area contributed by atoms with Crippen molar-refractivity contribution in [3.8, 4) is 0 Å². The second kappa shape index (κ2) is 8.42. The summed E-state index contributed by atoms with van der Waals surface area (Å²) in [5.74, 6) is -1.13. The lowest BCUT2D eigenvalue weighted by Gasteiger charge is -2.30. The van der Waals surface area contributed by atoms with Gasteiger partial charge in [-0.1, -0.05) is 19.9 Å². The molecule has 0 radical (unpaired) electrons. The third-order valence-corrected chi connectivity index (χ3v) is 5.83. The van der Waals surface area contributed by atoms with Crippen LogP contribution in [0.4, 0.5) is 0 Å². The van der Waals surface area contributed by atoms with Crippen LogP contribution in [0.5, 0.6) is 0 Å². The zero-order chi connectivity index (χ0) is 17.6. The molecule has 130 valence electrons. The first-order valence-corrected chi connectivity index (χ1v) is 9.17. The van der Waals surface area contributed by atoms with Crippen molar-refractivity contribution in [2.24, 2.45) is 0 Å². The van der Waals surface area contributed by atoms with Crippen LogP contribution in [0.15, 0.2) is 23.1 Å². The van der Waals surface area contributed by atoms with Crippen molar-refractivity contribution >= 4 is 16.0 Å². The SMILES string of the molecule is CC.COC1CCN(S(=O)(=O)c2cc(C(=O)O)ccc2C)CC1. The topological polar surface area (TPSA) is 83.9 Å². The monoisotopic (exact) mass is 343 g/mol. The fraction of sp³-hybridized carbons (Fsp3) is 0.562. The van der Waals surface area contributed by atoms with E-state index in [4.69, 9.17) is 9.84 Å². The highest BCUT2D eigenvalue weighted by Crippen LogP contribution is 2.25. The van der Waals surface area contributed by atoms with Gasteiger partial charge in [0.1, 0.15) is 0 Å². The van der Waals surface area contributed by atoms with Gasteiger partial charge in [0.2, 0.25) is 10.0 Å². The lowest BCUT2D eigenvalue weighted by Crippen LogP contribution is -2.40. The Kier molecular flexibility index (Phi) is 7.18. The van der Waals surface area contributed by atoms with Gasteiger partial charge in [-0.3, -0.25) is 0 Å². The first kappa shape index (κ1) is 19.6. The number of hydrogen-bond acceptors (Lipinski definition) is 4. The molecule has 7 heteroatoms. The number of carboxylic acids is 1. The van der Waals surface area contributed by atoms with Crippen molar-refractivity contribution in [1.82, 2.24) is 4.31 Å². The maximum atomic E-state index is 12.7. The number of ether oxygens (including phenoxy) is 1. The number of rotatable bonds is 4. The molecule has 0 spiro atoms. The van der Waals surface area contributed by atoms with Crippen molar-refractivity contribution in [3.05, 3.63) is 29.3 Å². The minimum atomic E-state index is -3.67. The first-order chi connectivity index (χ1) is 10.9. The standard InChI is InChI=1S/C14H19NO5S.C2H6/c1-10-3-4-11(14(16)17)9-13(10)21(18,19)15-7-5-12(20-2)6-8-15;1-2/h3-4,9,12H,5-8H2,1-2H3,(H,16,17);1-2H3. The molecule has 2 rings (SSSR count). The second-order valence-corrected chi connectivity index (χ2v) is 7.03. The number of hydrogen-bond donors (Lipinski definition) is 1. The van der Waals surface area contributed by atoms with Crippen LogP contribution in [0.3, 0.4) is 0 Å². The summed E-state index contributed by atoms with van der Waals surface area (Å²) < 4.78 is 32.0. The van der Waals surface area contributed by atoms with Crippen LogP contribution in [-0.4, -0.2) is 50.1 Å². The lowest BCUT2D eigenvalue weighted by molar-refractivity contribution is 0.0604. The smallest absolute Gasteiger partial charge is 0.335 e. The molecular formula is C16H25NO5S. The van der Waals surface area contributed by atoms with Crippen molar-refractivity contribution in [2.75, 3.05) is 20.2 Å². The molecule has 23 heavy (non-hydrogen) atoms. The second-order valence-electron chi connectivity index (χ2n) is 5.12. The highest BCUT2D eigenvalue weighted by Gasteiger charge is 2.30. The number of sulfonamides is 1. The molecule has 1 aliphatic rings. The zero-order valence-electron chi connectivity index (χ0n) is 14.1. The molecule has 1 saturated heterocycles. The predicted molar refractivity (Wildman–Crippen MR) is 88.3 cm³/mol. The molecule has 6 nitrogen and oxygen atoms in total. The Labute approximate surface area is 138 Å². The van der Waals surface area contributed by atoms with E-state index in [0.29, 0.717) is 31.5 Å². The first-order valence-electron chi connectivity index (χ1n) is 7.73. The normalized spacial score (nSPS) is 16.5. The van der Waals surface area contributed by atoms with Crippen LogP contribution < -0.4 is 0 Å². The molecule has 0 aliphatic carbocycles. The molecular weight excluding hydrogens is 318 g/mol. The van der Waals surface area contributed by atoms with E-state index in [9.17, 15) is 13.2 Å². The highest BCUT2D eigenvalue weighted by atomic mass is 32.2. The fourth-order valence-corrected chi connectivity index (χ4v) is 4.18. The Hall–Kier alpha value is -1.44. The van der Waals surface area contributed by atoms with Crippen molar-refractivity contribution < 1.29 is 23.1 Å². The molecule has 0 saturated carbocycles. The molecule has 1 aromatic rings. The highest BCUT2D eigenvalue weighted by molar-refractivity contribution is 7.89. The molecule has 0 aromatic heterocycles. The lowest BCUT2D eigenvalue weighted by atomic mass is 10.1. The Morgan fingerprint density at radius 1 is 1.26 bits per heavy atom. The van der Waals surface area contributed by atoms with Gasteiger partial charge in [-0.2, -0.15) is 4.31 Å². The van der Waals surface area contributed by atoms with E-state index in [2.05, 4.69) is 0 Å². The average Bonchev–Trinajstić information content (AvgIpc) is 2.56. The minimum absolute atomic E-state index is 0.0223. The van der Waals surface area contributed by atoms with Gasteiger partial charge in [-0.05, 0) is 37.5 Å². The summed E-state index contributed by atoms with van der Waals surface area (Å²) in [4.78, 5) is 11.1. The third-order valence-electron chi connectivity index (χ3n) is 3.79. The van der Waals surface area contributed by atoms with E-state index in [-0.39, 0.29) is 16.6 Å². The average molecular weight is 343 g/mol. The number of methoxy groups -OCH3 is 1. The number of benzene rings is 1. The maximum absolute atomic E-state index is 12.7. The predicted octanol–water partition coefficient (Wildman–Crippen LogP) is 2.52. The van der Waals surface area contributed by atoms with Gasteiger partial charge in [0.15, 0.2) is 0 Å². The Balaban J connectivity index is 0.00000127. The van der Waals surface area contributed by atoms with Gasteiger partial charge in [-0.25, -0.2) is 13.2 Å². The van der Waals surface area contributed by atoms with Crippen LogP contribution in [0.25, 0.3) is 0 Å². The molecule has 0 unspecified atom stereocenters. The Morgan fingerprint density at radius 2 is 1.83 bits per heavy atom. The van der Waals surface area contributed by atoms with Gasteiger partial charge in [0.25, 0.3) is 0 Å². The summed E-state index contributed by atoms with van der Waals surface area (Å²) in [6.45, 7) is 6.44. The number of carboxylic acid groups (broad SMARTS) is 1. The minimum Gasteiger partial charge on any atom is -0.478 e. The molecule has 0 amide bonds. The Morgan fingerprint density at radius 3 is 2.30 bits per heavy atom. The molecule has 1 N–H and O–H groups in total. The van der Waals surface area contributed by atoms with Gasteiger partial charge < -0.3 is 9.84 Å². The van der Waals surface area contributed by atoms with Crippen molar-refractivity contribution in [3.63, 3.8) is 0 Å². The van der Waals surface area contributed by atoms with Gasteiger partial charge in [-0.15, -0.1) is 0 Å². The van der Waals surface area contributed by atoms with Crippen LogP contribution in [0.1, 0.15) is 42.6 Å². The van der Waals surface area contributed by atoms with Crippen molar-refractivity contribution in [2.45, 2.75) is 44.6 Å². The van der Waals surface area contributed by atoms with E-state index in [0.717, 1.165) is 0 Å². The quantitative estimate of drug-likeness (QED) is 0.908. The molecule has 0 bridgehead atoms. The van der Waals surface area contributed by atoms with Crippen LogP contribution in [0, 0.1) is 6.92 Å². The number of nitrogens with zero attached hydrogens (tertiary/aromatic N) is 1. The van der Waals surface area contributed by atoms with E-state index < -0.39 is 16.0 Å². The summed E-state index contributed by atoms with van der Waals surface area (Å²) in [5, 5.41) is 9.02. The molecule has 1 aliphatic heterocycles. The molecule has 1 heterocycles. The van der Waals surface area contributed by atoms with Crippen molar-refractivity contribution in [1.29, 1.82) is 0 Å². The van der Waals surface area contributed by atoms with Gasteiger partial charge in [0.05, 0.1) is 16.6 Å². The van der Waals surface area contributed by atoms with Gasteiger partial charge >= 0.3 is 5.97 Å². The summed E-state index contributed by atoms with van der Waals surface area (Å²) in [6, 6.07) is 4.17.